The van der Waals surface area contributed by atoms with Crippen molar-refractivity contribution in [2.45, 2.75) is 6.55 Å². The van der Waals surface area contributed by atoms with Crippen LogP contribution in [0.15, 0.2) is 97.1 Å². The van der Waals surface area contributed by atoms with Crippen molar-refractivity contribution in [3.8, 4) is 46.0 Å². The molecule has 0 saturated heterocycles. The number of para-hydroxylation sites is 2. The molecule has 1 atom stereocenters. The minimum atomic E-state index is -2.45. The average molecular weight is 531 g/mol. The number of rotatable bonds is 0. The molecule has 5 aromatic rings. The van der Waals surface area contributed by atoms with Crippen LogP contribution in [0.5, 0.6) is 46.0 Å². The Morgan fingerprint density at radius 1 is 0.500 bits per heavy atom. The van der Waals surface area contributed by atoms with Gasteiger partial charge in [-0.15, -0.1) is 0 Å². The Morgan fingerprint density at radius 3 is 1.87 bits per heavy atom. The summed E-state index contributed by atoms with van der Waals surface area (Å²) < 4.78 is 26.2. The van der Waals surface area contributed by atoms with Crippen molar-refractivity contribution in [3.05, 3.63) is 97.1 Å². The molecule has 0 fully saturated rings. The molecule has 4 heterocycles. The molecule has 0 saturated carbocycles. The van der Waals surface area contributed by atoms with E-state index in [9.17, 15) is 0 Å². The third-order valence-electron chi connectivity index (χ3n) is 8.87. The van der Waals surface area contributed by atoms with E-state index in [1.54, 1.807) is 0 Å². The van der Waals surface area contributed by atoms with Crippen LogP contribution in [0.25, 0.3) is 0 Å². The summed E-state index contributed by atoms with van der Waals surface area (Å²) in [5.74, 6) is 7.33. The first-order valence-electron chi connectivity index (χ1n) is 12.9. The quantitative estimate of drug-likeness (QED) is 0.212. The van der Waals surface area contributed by atoms with Crippen molar-refractivity contribution < 1.29 is 18.9 Å². The van der Waals surface area contributed by atoms with Gasteiger partial charge in [-0.25, -0.2) is 0 Å². The number of hydrogen-bond acceptors (Lipinski definition) is 4. The van der Waals surface area contributed by atoms with E-state index in [4.69, 9.17) is 18.9 Å². The standard InChI is InChI=1S/C32H23O4PSi/c1-37-27-15-5-3-9-19(27)33-21-11-7-12-22(31(21)37)35-25-18-30-26(17-28(25)37)36-24-14-8-13-23-32(24)38(30,2)29-16-6-4-10-20(29)34-23/h3-18,37H,1-2H3. The van der Waals surface area contributed by atoms with Crippen molar-refractivity contribution in [2.75, 3.05) is 6.66 Å². The topological polar surface area (TPSA) is 36.9 Å². The van der Waals surface area contributed by atoms with Crippen LogP contribution in [-0.2, 0) is 0 Å². The normalized spacial score (nSPS) is 20.3. The summed E-state index contributed by atoms with van der Waals surface area (Å²) in [4.78, 5) is 0. The second-order valence-corrected chi connectivity index (χ2v) is 18.4. The van der Waals surface area contributed by atoms with Crippen LogP contribution >= 0.6 is 7.26 Å². The summed E-state index contributed by atoms with van der Waals surface area (Å²) in [5, 5.41) is 7.38. The first kappa shape index (κ1) is 20.9. The fourth-order valence-electron chi connectivity index (χ4n) is 7.10. The molecule has 184 valence electrons. The van der Waals surface area contributed by atoms with Crippen LogP contribution in [0.4, 0.5) is 0 Å². The fourth-order valence-corrected chi connectivity index (χ4v) is 15.4. The Morgan fingerprint density at radius 2 is 1.08 bits per heavy atom. The summed E-state index contributed by atoms with van der Waals surface area (Å²) in [6.45, 7) is 4.84. The van der Waals surface area contributed by atoms with Crippen molar-refractivity contribution in [1.29, 1.82) is 0 Å². The second kappa shape index (κ2) is 6.87. The van der Waals surface area contributed by atoms with Crippen LogP contribution in [0.2, 0.25) is 6.55 Å². The minimum absolute atomic E-state index is 0.898. The van der Waals surface area contributed by atoms with E-state index in [2.05, 4.69) is 86.0 Å². The van der Waals surface area contributed by atoms with Gasteiger partial charge in [0.15, 0.2) is 0 Å². The van der Waals surface area contributed by atoms with Gasteiger partial charge >= 0.3 is 222 Å². The van der Waals surface area contributed by atoms with Crippen molar-refractivity contribution in [3.63, 3.8) is 0 Å². The Kier molecular flexibility index (Phi) is 3.79. The first-order valence-corrected chi connectivity index (χ1v) is 17.9. The van der Waals surface area contributed by atoms with Crippen LogP contribution in [0.3, 0.4) is 0 Å². The van der Waals surface area contributed by atoms with Crippen molar-refractivity contribution in [2.24, 2.45) is 0 Å². The zero-order valence-electron chi connectivity index (χ0n) is 20.9. The van der Waals surface area contributed by atoms with Crippen molar-refractivity contribution >= 4 is 46.8 Å². The molecule has 38 heavy (non-hydrogen) atoms. The Hall–Kier alpha value is -4.05. The van der Waals surface area contributed by atoms with Gasteiger partial charge in [-0.05, 0) is 0 Å². The van der Waals surface area contributed by atoms with Crippen LogP contribution in [0, 0.1) is 0 Å². The molecule has 9 rings (SSSR count). The van der Waals surface area contributed by atoms with Crippen LogP contribution in [-0.4, -0.2) is 14.7 Å². The van der Waals surface area contributed by atoms with E-state index in [0.717, 1.165) is 46.0 Å². The molecule has 0 bridgehead atoms. The average Bonchev–Trinajstić information content (AvgIpc) is 2.93. The number of hydrogen-bond donors (Lipinski definition) is 0. The molecule has 0 N–H and O–H groups in total. The molecule has 0 spiro atoms. The molecular formula is C32H23O4PSi. The number of benzene rings is 5. The summed E-state index contributed by atoms with van der Waals surface area (Å²) in [6, 6.07) is 33.8. The summed E-state index contributed by atoms with van der Waals surface area (Å²) in [6.07, 6.45) is 0. The third kappa shape index (κ3) is 2.36. The fraction of sp³-hybridized carbons (Fsp3) is 0.0625. The second-order valence-electron chi connectivity index (χ2n) is 10.8. The monoisotopic (exact) mass is 530 g/mol. The summed E-state index contributed by atoms with van der Waals surface area (Å²) in [5.41, 5.74) is 0. The van der Waals surface area contributed by atoms with Gasteiger partial charge in [-0.1, -0.05) is 0 Å². The summed E-state index contributed by atoms with van der Waals surface area (Å²) in [7, 11) is -4.89. The molecular weight excluding hydrogens is 507 g/mol. The van der Waals surface area contributed by atoms with Gasteiger partial charge in [0.1, 0.15) is 0 Å². The Bertz CT molecular complexity index is 1750. The molecule has 0 amide bonds. The predicted molar refractivity (Wildman–Crippen MR) is 156 cm³/mol. The maximum absolute atomic E-state index is 6.72. The van der Waals surface area contributed by atoms with E-state index in [1.807, 2.05) is 24.3 Å². The zero-order chi connectivity index (χ0) is 25.2. The van der Waals surface area contributed by atoms with Crippen LogP contribution < -0.4 is 50.4 Å². The predicted octanol–water partition coefficient (Wildman–Crippen LogP) is 4.87. The van der Waals surface area contributed by atoms with Crippen molar-refractivity contribution in [1.82, 2.24) is 0 Å². The van der Waals surface area contributed by atoms with E-state index >= 15 is 0 Å². The summed E-state index contributed by atoms with van der Waals surface area (Å²) >= 11 is 0. The van der Waals surface area contributed by atoms with E-state index in [1.165, 1.54) is 31.5 Å². The van der Waals surface area contributed by atoms with E-state index < -0.39 is 15.3 Å². The molecule has 5 aromatic carbocycles. The van der Waals surface area contributed by atoms with Crippen LogP contribution in [0.1, 0.15) is 0 Å². The molecule has 4 nitrogen and oxygen atoms in total. The molecule has 0 aliphatic carbocycles. The SMILES string of the molecule is C[Si]12c3ccccc3Oc3cccc(c31)Oc1cc3c(cc12)Oc1cccc2c1[PH]3(C)c1ccccc1O2. The van der Waals surface area contributed by atoms with Gasteiger partial charge in [0.2, 0.25) is 0 Å². The zero-order valence-corrected chi connectivity index (χ0v) is 22.9. The molecule has 0 radical (unpaired) electrons. The van der Waals surface area contributed by atoms with Gasteiger partial charge in [0, 0.05) is 0 Å². The Balaban J connectivity index is 1.36. The maximum atomic E-state index is 6.72. The molecule has 4 aliphatic heterocycles. The molecule has 4 aliphatic rings. The van der Waals surface area contributed by atoms with Gasteiger partial charge in [0.25, 0.3) is 0 Å². The first-order chi connectivity index (χ1) is 18.6. The molecule has 1 unspecified atom stereocenters. The molecule has 6 heteroatoms. The van der Waals surface area contributed by atoms with Gasteiger partial charge in [-0.2, -0.15) is 0 Å². The third-order valence-corrected chi connectivity index (χ3v) is 17.8. The molecule has 0 aromatic heterocycles. The van der Waals surface area contributed by atoms with E-state index in [0.29, 0.717) is 0 Å². The van der Waals surface area contributed by atoms with Gasteiger partial charge in [0.05, 0.1) is 0 Å². The van der Waals surface area contributed by atoms with Gasteiger partial charge in [-0.3, -0.25) is 0 Å². The van der Waals surface area contributed by atoms with E-state index in [-0.39, 0.29) is 0 Å². The van der Waals surface area contributed by atoms with Gasteiger partial charge < -0.3 is 0 Å². The number of ether oxygens (including phenoxy) is 4. The number of fused-ring (bicyclic) bond motifs is 8. The Labute approximate surface area is 221 Å².